The van der Waals surface area contributed by atoms with Crippen molar-refractivity contribution in [3.05, 3.63) is 106 Å². The number of nitrogens with zero attached hydrogens (tertiary/aromatic N) is 4. The second kappa shape index (κ2) is 19.2. The number of aromatic nitrogens is 1. The number of piperidine rings is 2. The van der Waals surface area contributed by atoms with E-state index in [1.165, 1.54) is 21.1 Å². The average molecular weight is 1070 g/mol. The topological polar surface area (TPSA) is 238 Å². The van der Waals surface area contributed by atoms with Gasteiger partial charge >= 0.3 is 17.9 Å². The number of imide groups is 2. The molecule has 1 saturated carbocycles. The summed E-state index contributed by atoms with van der Waals surface area (Å²) in [5, 5.41) is 28.5. The van der Waals surface area contributed by atoms with Gasteiger partial charge in [0.25, 0.3) is 11.8 Å². The average Bonchev–Trinajstić information content (AvgIpc) is 2.32. The molecule has 2 bridgehead atoms. The van der Waals surface area contributed by atoms with Crippen molar-refractivity contribution in [1.29, 1.82) is 0 Å². The molecule has 4 N–H and O–H groups in total. The maximum absolute atomic E-state index is 15.3. The molecule has 3 saturated heterocycles. The summed E-state index contributed by atoms with van der Waals surface area (Å²) in [5.41, 5.74) is -1.02. The number of carbonyl (C=O) groups excluding carboxylic acids is 7. The molecule has 4 aromatic rings. The van der Waals surface area contributed by atoms with E-state index in [1.54, 1.807) is 31.4 Å². The number of para-hydroxylation sites is 1. The fourth-order valence-corrected chi connectivity index (χ4v) is 15.9. The molecule has 1 aromatic heterocycles. The van der Waals surface area contributed by atoms with Gasteiger partial charge in [0, 0.05) is 97.4 Å². The van der Waals surface area contributed by atoms with Crippen LogP contribution in [-0.2, 0) is 55.4 Å². The number of amides is 4. The van der Waals surface area contributed by atoms with Crippen molar-refractivity contribution in [3.8, 4) is 5.75 Å². The minimum atomic E-state index is -2.30. The summed E-state index contributed by atoms with van der Waals surface area (Å²) in [7, 11) is 6.15. The number of rotatable bonds is 8. The third kappa shape index (κ3) is 7.46. The quantitative estimate of drug-likeness (QED) is 0.0842. The highest BCUT2D eigenvalue weighted by molar-refractivity contribution is 6.23. The number of carbonyl (C=O) groups is 7. The number of nitrogens with one attached hydrogen (secondary N) is 2. The molecular formula is C59H68N6O13. The largest absolute Gasteiger partial charge is 0.496 e. The van der Waals surface area contributed by atoms with Crippen LogP contribution in [0.2, 0.25) is 0 Å². The zero-order valence-electron chi connectivity index (χ0n) is 45.2. The summed E-state index contributed by atoms with van der Waals surface area (Å²) in [4.78, 5) is 101. The number of methoxy groups -OCH3 is 3. The van der Waals surface area contributed by atoms with Crippen LogP contribution < -0.4 is 15.0 Å². The van der Waals surface area contributed by atoms with Crippen molar-refractivity contribution in [1.82, 2.24) is 25.0 Å². The van der Waals surface area contributed by atoms with Crippen LogP contribution >= 0.6 is 0 Å². The van der Waals surface area contributed by atoms with Crippen LogP contribution in [0, 0.1) is 11.3 Å². The van der Waals surface area contributed by atoms with Gasteiger partial charge in [-0.25, -0.2) is 4.79 Å². The Morgan fingerprint density at radius 2 is 1.54 bits per heavy atom. The second-order valence-electron chi connectivity index (χ2n) is 22.7. The first kappa shape index (κ1) is 53.1. The van der Waals surface area contributed by atoms with Gasteiger partial charge in [-0.05, 0) is 92.8 Å². The van der Waals surface area contributed by atoms with Crippen molar-refractivity contribution >= 4 is 58.1 Å². The van der Waals surface area contributed by atoms with Crippen LogP contribution in [0.3, 0.4) is 0 Å². The summed E-state index contributed by atoms with van der Waals surface area (Å²) in [6.07, 6.45) is 6.25. The van der Waals surface area contributed by atoms with Crippen LogP contribution in [0.25, 0.3) is 10.9 Å². The molecule has 1 aliphatic carbocycles. The van der Waals surface area contributed by atoms with Crippen LogP contribution in [-0.4, -0.2) is 168 Å². The van der Waals surface area contributed by atoms with Gasteiger partial charge in [-0.2, -0.15) is 0 Å². The molecule has 3 aromatic carbocycles. The molecule has 4 amide bonds. The lowest BCUT2D eigenvalue weighted by Gasteiger charge is -2.63. The lowest BCUT2D eigenvalue weighted by molar-refractivity contribution is -0.228. The van der Waals surface area contributed by atoms with E-state index in [1.807, 2.05) is 50.1 Å². The number of benzene rings is 3. The van der Waals surface area contributed by atoms with Crippen molar-refractivity contribution in [2.24, 2.45) is 11.3 Å². The molecule has 2 unspecified atom stereocenters. The van der Waals surface area contributed by atoms with Gasteiger partial charge in [0.15, 0.2) is 6.10 Å². The molecule has 12 rings (SSSR count). The molecule has 11 atom stereocenters. The monoisotopic (exact) mass is 1070 g/mol. The van der Waals surface area contributed by atoms with E-state index in [0.29, 0.717) is 93.7 Å². The molecule has 412 valence electrons. The first-order chi connectivity index (χ1) is 37.3. The number of esters is 3. The fourth-order valence-electron chi connectivity index (χ4n) is 15.9. The molecule has 1 spiro atoms. The Morgan fingerprint density at radius 3 is 2.19 bits per heavy atom. The summed E-state index contributed by atoms with van der Waals surface area (Å²) in [5.74, 6) is -3.49. The van der Waals surface area contributed by atoms with Gasteiger partial charge in [0.2, 0.25) is 17.4 Å². The number of likely N-dealkylation sites (N-methyl/N-ethyl adjacent to an activating group) is 1. The van der Waals surface area contributed by atoms with Crippen molar-refractivity contribution in [3.63, 3.8) is 0 Å². The summed E-state index contributed by atoms with van der Waals surface area (Å²) in [6, 6.07) is 16.5. The number of anilines is 1. The smallest absolute Gasteiger partial charge is 0.344 e. The second-order valence-corrected chi connectivity index (χ2v) is 22.7. The predicted molar refractivity (Wildman–Crippen MR) is 284 cm³/mol. The predicted octanol–water partition coefficient (Wildman–Crippen LogP) is 4.08. The van der Waals surface area contributed by atoms with Crippen molar-refractivity contribution in [2.75, 3.05) is 66.0 Å². The summed E-state index contributed by atoms with van der Waals surface area (Å²) < 4.78 is 23.9. The molecular weight excluding hydrogens is 1000 g/mol. The van der Waals surface area contributed by atoms with E-state index in [4.69, 9.17) is 18.9 Å². The highest BCUT2D eigenvalue weighted by atomic mass is 16.6. The molecule has 4 fully saturated rings. The summed E-state index contributed by atoms with van der Waals surface area (Å²) in [6.45, 7) is 8.62. The number of fused-ring (bicyclic) bond motifs is 7. The summed E-state index contributed by atoms with van der Waals surface area (Å²) >= 11 is 0. The first-order valence-electron chi connectivity index (χ1n) is 27.1. The standard InChI is InChI=1S/C46H58N4O9.C13H10N2O4/c1-8-42(54)23-28-24-45(40(52)57-6,36-30(15-19-49(25-28)26-42)29-13-10-11-14-33(29)47-36)32-21-31-34(22-35(32)56-5)48(4)38-44(31)17-20-50-18-12-16-43(9-2,37(44)50)39(59-27(3)51)46(38,55)41(53)58-7;16-10-6-5-9(11(17)14-10)15-12(18)7-3-1-2-4-8(7)13(15)19/h10-14,16,21-22,28,37-39,47,54-55H,8-9,15,17-20,23-26H2,1-7H3;1-4,9H,5-6H2,(H,14,16,17)/t28-,37-,38+,39+,42-,43+,44+,45-,46-;/m0./s1. The lowest BCUT2D eigenvalue weighted by atomic mass is 9.47. The number of ether oxygens (including phenoxy) is 4. The zero-order chi connectivity index (χ0) is 55.4. The molecule has 19 heteroatoms. The SMILES string of the molecule is CC[C@]1(O)C[C@@H]2CN(CCc3c([nH]c4ccccc34)[C@@](C(=O)OC)(c3cc4c(cc3OC)N(C)[C@H]3[C@@](O)(C(=O)OC)[C@H](OC(C)=O)[C@]5(CC)C=CCN6CC[C@]43[C@@H]65)C2)C1.O=C1CCC(N2C(=O)c3ccccc3C2=O)C(=O)N1. The van der Waals surface area contributed by atoms with Crippen LogP contribution in [0.5, 0.6) is 5.75 Å². The van der Waals surface area contributed by atoms with E-state index >= 15 is 4.79 Å². The number of aromatic amines is 1. The Labute approximate surface area is 452 Å². The number of hydrogen-bond donors (Lipinski definition) is 4. The van der Waals surface area contributed by atoms with Gasteiger partial charge in [-0.3, -0.25) is 48.8 Å². The molecule has 78 heavy (non-hydrogen) atoms. The minimum Gasteiger partial charge on any atom is -0.496 e. The van der Waals surface area contributed by atoms with Gasteiger partial charge < -0.3 is 39.0 Å². The number of H-pyrrole nitrogens is 1. The molecule has 0 radical (unpaired) electrons. The van der Waals surface area contributed by atoms with E-state index in [2.05, 4.69) is 44.4 Å². The molecule has 8 heterocycles. The van der Waals surface area contributed by atoms with Gasteiger partial charge in [0.1, 0.15) is 17.2 Å². The highest BCUT2D eigenvalue weighted by Gasteiger charge is 2.80. The first-order valence-corrected chi connectivity index (χ1v) is 27.1. The van der Waals surface area contributed by atoms with Gasteiger partial charge in [-0.1, -0.05) is 56.3 Å². The number of hydrogen-bond acceptors (Lipinski definition) is 16. The van der Waals surface area contributed by atoms with Crippen LogP contribution in [0.4, 0.5) is 5.69 Å². The number of aliphatic hydroxyl groups is 2. The third-order valence-corrected chi connectivity index (χ3v) is 18.9. The highest BCUT2D eigenvalue weighted by Crippen LogP contribution is 2.68. The third-order valence-electron chi connectivity index (χ3n) is 18.9. The van der Waals surface area contributed by atoms with Crippen molar-refractivity contribution in [2.45, 2.75) is 118 Å². The molecule has 19 nitrogen and oxygen atoms in total. The van der Waals surface area contributed by atoms with Crippen LogP contribution in [0.1, 0.15) is 109 Å². The Balaban J connectivity index is 0.000000285. The van der Waals surface area contributed by atoms with E-state index in [-0.39, 0.29) is 30.7 Å². The van der Waals surface area contributed by atoms with Gasteiger partial charge in [-0.15, -0.1) is 0 Å². The van der Waals surface area contributed by atoms with Gasteiger partial charge in [0.05, 0.1) is 44.1 Å². The molecule has 7 aliphatic heterocycles. The Bertz CT molecular complexity index is 3190. The van der Waals surface area contributed by atoms with Crippen LogP contribution in [0.15, 0.2) is 72.8 Å². The fraction of sp³-hybridized carbons (Fsp3) is 0.508. The normalized spacial score (nSPS) is 33.4. The van der Waals surface area contributed by atoms with E-state index < -0.39 is 81.3 Å². The van der Waals surface area contributed by atoms with E-state index in [0.717, 1.165) is 38.3 Å². The zero-order valence-corrected chi connectivity index (χ0v) is 45.2. The Morgan fingerprint density at radius 1 is 0.833 bits per heavy atom. The van der Waals surface area contributed by atoms with E-state index in [9.17, 15) is 39.0 Å². The Kier molecular flexibility index (Phi) is 13.0. The molecule has 8 aliphatic rings. The Hall–Kier alpha value is -6.93. The minimum absolute atomic E-state index is 0.0986. The maximum atomic E-state index is 15.3. The maximum Gasteiger partial charge on any atom is 0.344 e. The lowest BCUT2D eigenvalue weighted by Crippen LogP contribution is -2.81. The van der Waals surface area contributed by atoms with Crippen molar-refractivity contribution < 1.29 is 62.7 Å².